The summed E-state index contributed by atoms with van der Waals surface area (Å²) in [5.74, 6) is -2.58. The Bertz CT molecular complexity index is 1060. The molecule has 1 amide bonds. The van der Waals surface area contributed by atoms with Crippen LogP contribution in [0, 0.1) is 0 Å². The third-order valence-corrected chi connectivity index (χ3v) is 5.21. The summed E-state index contributed by atoms with van der Waals surface area (Å²) < 4.78 is 10.7. The van der Waals surface area contributed by atoms with Crippen LogP contribution in [0.2, 0.25) is 5.02 Å². The number of methoxy groups -OCH3 is 2. The summed E-state index contributed by atoms with van der Waals surface area (Å²) in [5.41, 5.74) is 0.485. The molecule has 0 spiro atoms. The second-order valence-corrected chi connectivity index (χ2v) is 7.19. The SMILES string of the molecule is COc1ccc(OC)c([C@@H]2C(=C(O)c3ccc(Cl)cc3)C(=O)C(=O)N2CCC(=O)O)c1. The van der Waals surface area contributed by atoms with E-state index in [4.69, 9.17) is 26.2 Å². The van der Waals surface area contributed by atoms with Crippen molar-refractivity contribution in [2.75, 3.05) is 20.8 Å². The predicted molar refractivity (Wildman–Crippen MR) is 112 cm³/mol. The highest BCUT2D eigenvalue weighted by molar-refractivity contribution is 6.46. The lowest BCUT2D eigenvalue weighted by Crippen LogP contribution is -2.32. The minimum Gasteiger partial charge on any atom is -0.507 e. The maximum absolute atomic E-state index is 12.9. The van der Waals surface area contributed by atoms with Crippen LogP contribution in [0.5, 0.6) is 11.5 Å². The van der Waals surface area contributed by atoms with Gasteiger partial charge in [0, 0.05) is 22.7 Å². The highest BCUT2D eigenvalue weighted by atomic mass is 35.5. The van der Waals surface area contributed by atoms with Crippen LogP contribution in [0.15, 0.2) is 48.0 Å². The number of aliphatic hydroxyl groups excluding tert-OH is 1. The van der Waals surface area contributed by atoms with Crippen molar-refractivity contribution >= 4 is 35.0 Å². The molecule has 0 unspecified atom stereocenters. The van der Waals surface area contributed by atoms with Gasteiger partial charge in [-0.25, -0.2) is 0 Å². The average Bonchev–Trinajstić information content (AvgIpc) is 3.01. The van der Waals surface area contributed by atoms with E-state index in [0.717, 1.165) is 4.90 Å². The van der Waals surface area contributed by atoms with E-state index in [9.17, 15) is 19.5 Å². The number of carboxylic acid groups (broad SMARTS) is 1. The average molecular weight is 446 g/mol. The number of hydrogen-bond acceptors (Lipinski definition) is 6. The second-order valence-electron chi connectivity index (χ2n) is 6.75. The highest BCUT2D eigenvalue weighted by Crippen LogP contribution is 2.43. The number of ketones is 1. The first-order chi connectivity index (χ1) is 14.8. The van der Waals surface area contributed by atoms with Gasteiger partial charge in [-0.15, -0.1) is 0 Å². The van der Waals surface area contributed by atoms with E-state index in [1.807, 2.05) is 0 Å². The number of halogens is 1. The Morgan fingerprint density at radius 1 is 1.06 bits per heavy atom. The summed E-state index contributed by atoms with van der Waals surface area (Å²) >= 11 is 5.91. The van der Waals surface area contributed by atoms with E-state index in [0.29, 0.717) is 22.1 Å². The third kappa shape index (κ3) is 4.34. The number of benzene rings is 2. The summed E-state index contributed by atoms with van der Waals surface area (Å²) in [6.45, 7) is -0.234. The summed E-state index contributed by atoms with van der Waals surface area (Å²) in [6.07, 6.45) is -0.378. The fourth-order valence-electron chi connectivity index (χ4n) is 3.47. The van der Waals surface area contributed by atoms with Gasteiger partial charge in [-0.05, 0) is 42.5 Å². The van der Waals surface area contributed by atoms with Gasteiger partial charge < -0.3 is 24.6 Å². The fraction of sp³-hybridized carbons (Fsp3) is 0.227. The van der Waals surface area contributed by atoms with E-state index in [1.165, 1.54) is 38.5 Å². The molecule has 0 bridgehead atoms. The van der Waals surface area contributed by atoms with Crippen molar-refractivity contribution in [3.8, 4) is 11.5 Å². The van der Waals surface area contributed by atoms with Crippen molar-refractivity contribution in [1.82, 2.24) is 4.90 Å². The van der Waals surface area contributed by atoms with Crippen LogP contribution in [0.3, 0.4) is 0 Å². The number of rotatable bonds is 7. The number of ether oxygens (including phenoxy) is 2. The van der Waals surface area contributed by atoms with E-state index in [1.54, 1.807) is 18.2 Å². The molecule has 31 heavy (non-hydrogen) atoms. The van der Waals surface area contributed by atoms with Gasteiger partial charge >= 0.3 is 5.97 Å². The first-order valence-corrected chi connectivity index (χ1v) is 9.64. The quantitative estimate of drug-likeness (QED) is 0.382. The molecule has 9 heteroatoms. The summed E-state index contributed by atoms with van der Waals surface area (Å²) in [7, 11) is 2.88. The molecule has 0 aromatic heterocycles. The molecular formula is C22H20ClNO7. The highest BCUT2D eigenvalue weighted by Gasteiger charge is 2.47. The summed E-state index contributed by atoms with van der Waals surface area (Å²) in [6, 6.07) is 9.87. The van der Waals surface area contributed by atoms with Crippen molar-refractivity contribution in [1.29, 1.82) is 0 Å². The molecule has 1 aliphatic rings. The topological polar surface area (TPSA) is 113 Å². The van der Waals surface area contributed by atoms with Gasteiger partial charge in [-0.3, -0.25) is 14.4 Å². The minimum atomic E-state index is -1.13. The molecule has 0 radical (unpaired) electrons. The van der Waals surface area contributed by atoms with Gasteiger partial charge in [-0.2, -0.15) is 0 Å². The van der Waals surface area contributed by atoms with Crippen LogP contribution in [0.25, 0.3) is 5.76 Å². The molecule has 1 atom stereocenters. The van der Waals surface area contributed by atoms with E-state index >= 15 is 0 Å². The number of nitrogens with zero attached hydrogens (tertiary/aromatic N) is 1. The van der Waals surface area contributed by atoms with Crippen molar-refractivity contribution in [3.63, 3.8) is 0 Å². The Kier molecular flexibility index (Phi) is 6.50. The van der Waals surface area contributed by atoms with Crippen molar-refractivity contribution in [2.45, 2.75) is 12.5 Å². The van der Waals surface area contributed by atoms with Crippen LogP contribution in [0.4, 0.5) is 0 Å². The molecule has 8 nitrogen and oxygen atoms in total. The van der Waals surface area contributed by atoms with Crippen LogP contribution >= 0.6 is 11.6 Å². The lowest BCUT2D eigenvalue weighted by molar-refractivity contribution is -0.142. The molecule has 0 aliphatic carbocycles. The van der Waals surface area contributed by atoms with E-state index in [2.05, 4.69) is 0 Å². The molecule has 2 aromatic carbocycles. The van der Waals surface area contributed by atoms with Gasteiger partial charge in [0.25, 0.3) is 11.7 Å². The number of carbonyl (C=O) groups is 3. The maximum Gasteiger partial charge on any atom is 0.305 e. The smallest absolute Gasteiger partial charge is 0.305 e. The standard InChI is InChI=1S/C22H20ClNO7/c1-30-14-7-8-16(31-2)15(11-14)19-18(20(27)12-3-5-13(23)6-4-12)21(28)22(29)24(19)10-9-17(25)26/h3-8,11,19,27H,9-10H2,1-2H3,(H,25,26)/t19-/m1/s1. The lowest BCUT2D eigenvalue weighted by Gasteiger charge is -2.26. The van der Waals surface area contributed by atoms with Crippen molar-refractivity contribution < 1.29 is 34.1 Å². The zero-order chi connectivity index (χ0) is 22.7. The molecule has 1 saturated heterocycles. The fourth-order valence-corrected chi connectivity index (χ4v) is 3.59. The molecule has 1 aliphatic heterocycles. The Labute approximate surface area is 183 Å². The van der Waals surface area contributed by atoms with Gasteiger partial charge in [-0.1, -0.05) is 11.6 Å². The molecule has 2 aromatic rings. The lowest BCUT2D eigenvalue weighted by atomic mass is 9.94. The first-order valence-electron chi connectivity index (χ1n) is 9.26. The molecule has 0 saturated carbocycles. The second kappa shape index (κ2) is 9.09. The van der Waals surface area contributed by atoms with E-state index in [-0.39, 0.29) is 24.1 Å². The Morgan fingerprint density at radius 3 is 2.32 bits per heavy atom. The first kappa shape index (κ1) is 22.2. The number of aliphatic carboxylic acids is 1. The molecule has 1 heterocycles. The minimum absolute atomic E-state index is 0.177. The number of amides is 1. The van der Waals surface area contributed by atoms with Crippen LogP contribution in [-0.2, 0) is 14.4 Å². The molecule has 1 fully saturated rings. The van der Waals surface area contributed by atoms with Gasteiger partial charge in [0.15, 0.2) is 0 Å². The van der Waals surface area contributed by atoms with Gasteiger partial charge in [0.05, 0.1) is 32.3 Å². The maximum atomic E-state index is 12.9. The van der Waals surface area contributed by atoms with Crippen molar-refractivity contribution in [3.05, 3.63) is 64.2 Å². The Balaban J connectivity index is 2.24. The number of hydrogen-bond donors (Lipinski definition) is 2. The zero-order valence-electron chi connectivity index (χ0n) is 16.8. The molecule has 3 rings (SSSR count). The summed E-state index contributed by atoms with van der Waals surface area (Å²) in [4.78, 5) is 38.0. The Hall–Kier alpha value is -3.52. The normalized spacial score (nSPS) is 17.6. The molecule has 162 valence electrons. The van der Waals surface area contributed by atoms with Crippen molar-refractivity contribution in [2.24, 2.45) is 0 Å². The summed E-state index contributed by atoms with van der Waals surface area (Å²) in [5, 5.41) is 20.5. The monoisotopic (exact) mass is 445 g/mol. The number of Topliss-reactive ketones (excluding diaryl/α,β-unsaturated/α-hetero) is 1. The number of likely N-dealkylation sites (tertiary alicyclic amines) is 1. The van der Waals surface area contributed by atoms with E-state index < -0.39 is 29.5 Å². The van der Waals surface area contributed by atoms with Gasteiger partial charge in [0.1, 0.15) is 17.3 Å². The zero-order valence-corrected chi connectivity index (χ0v) is 17.5. The van der Waals surface area contributed by atoms with Gasteiger partial charge in [0.2, 0.25) is 0 Å². The third-order valence-electron chi connectivity index (χ3n) is 4.96. The molecule has 2 N–H and O–H groups in total. The number of carboxylic acids is 1. The van der Waals surface area contributed by atoms with Crippen LogP contribution < -0.4 is 9.47 Å². The van der Waals surface area contributed by atoms with Crippen LogP contribution in [-0.4, -0.2) is 53.5 Å². The predicted octanol–water partition coefficient (Wildman–Crippen LogP) is 3.25. The van der Waals surface area contributed by atoms with Crippen LogP contribution in [0.1, 0.15) is 23.6 Å². The Morgan fingerprint density at radius 2 is 1.74 bits per heavy atom. The molecular weight excluding hydrogens is 426 g/mol. The number of carbonyl (C=O) groups excluding carboxylic acids is 2. The number of aliphatic hydroxyl groups is 1. The largest absolute Gasteiger partial charge is 0.507 e.